The number of hydrogen-bond donors (Lipinski definition) is 9. The van der Waals surface area contributed by atoms with E-state index >= 15 is 0 Å². The van der Waals surface area contributed by atoms with Crippen molar-refractivity contribution in [2.75, 3.05) is 53.2 Å². The fraction of sp³-hybridized carbons (Fsp3) is 0.907. The predicted octanol–water partition coefficient (Wildman–Crippen LogP) is -0.203. The number of carbonyl (C=O) groups excluding carboxylic acids is 4. The summed E-state index contributed by atoms with van der Waals surface area (Å²) in [5.41, 5.74) is 0. The number of ether oxygens (including phenoxy) is 5. The second-order valence-corrected chi connectivity index (χ2v) is 17.1. The molecule has 0 aliphatic carbocycles. The normalized spacial score (nSPS) is 30.1. The number of rotatable bonds is 30. The average Bonchev–Trinajstić information content (AvgIpc) is 3.70. The van der Waals surface area contributed by atoms with E-state index in [0.29, 0.717) is 83.7 Å². The molecule has 10 unspecified atom stereocenters. The first-order chi connectivity index (χ1) is 29.8. The van der Waals surface area contributed by atoms with Gasteiger partial charge in [-0.05, 0) is 64.2 Å². The zero-order valence-corrected chi connectivity index (χ0v) is 40.4. The van der Waals surface area contributed by atoms with Crippen LogP contribution in [0.25, 0.3) is 0 Å². The van der Waals surface area contributed by atoms with Gasteiger partial charge >= 0.3 is 0 Å². The number of methoxy groups -OCH3 is 1. The van der Waals surface area contributed by atoms with Crippen molar-refractivity contribution in [3.8, 4) is 0 Å². The van der Waals surface area contributed by atoms with Crippen molar-refractivity contribution in [3.05, 3.63) is 0 Å². The predicted molar refractivity (Wildman–Crippen MR) is 223 cm³/mol. The first kappa shape index (κ1) is 57.8. The van der Waals surface area contributed by atoms with Gasteiger partial charge in [0, 0.05) is 104 Å². The monoisotopic (exact) mass is 980 g/mol. The number of nitrogens with zero attached hydrogens (tertiary/aromatic N) is 1. The quantitative estimate of drug-likeness (QED) is 0.0422. The molecule has 3 rings (SSSR count). The molecule has 0 bridgehead atoms. The van der Waals surface area contributed by atoms with Gasteiger partial charge in [0.25, 0.3) is 0 Å². The molecule has 3 fully saturated rings. The Bertz CT molecular complexity index is 1320. The third-order valence-corrected chi connectivity index (χ3v) is 12.3. The molecule has 0 aromatic heterocycles. The molecular weight excluding hydrogens is 903 g/mol. The van der Waals surface area contributed by atoms with E-state index in [4.69, 9.17) is 23.7 Å². The van der Waals surface area contributed by atoms with Gasteiger partial charge in [0.1, 0.15) is 24.4 Å². The molecular formula is C43H77N3O16Y. The molecule has 3 heterocycles. The first-order valence-electron chi connectivity index (χ1n) is 22.8. The van der Waals surface area contributed by atoms with Gasteiger partial charge in [0.05, 0.1) is 50.2 Å². The summed E-state index contributed by atoms with van der Waals surface area (Å²) >= 11 is 0. The Morgan fingerprint density at radius 3 is 1.71 bits per heavy atom. The second kappa shape index (κ2) is 31.6. The first-order valence-corrected chi connectivity index (χ1v) is 22.8. The summed E-state index contributed by atoms with van der Waals surface area (Å²) in [5.74, 6) is -1.50. The van der Waals surface area contributed by atoms with Crippen molar-refractivity contribution in [2.24, 2.45) is 11.8 Å². The van der Waals surface area contributed by atoms with Gasteiger partial charge in [-0.25, -0.2) is 0 Å². The number of unbranched alkanes of at least 4 members (excludes halogenated alkanes) is 6. The Morgan fingerprint density at radius 1 is 0.667 bits per heavy atom. The van der Waals surface area contributed by atoms with Crippen LogP contribution in [0.3, 0.4) is 0 Å². The minimum atomic E-state index is -1.22. The zero-order chi connectivity index (χ0) is 45.6. The fourth-order valence-electron chi connectivity index (χ4n) is 8.14. The summed E-state index contributed by atoms with van der Waals surface area (Å²) in [5, 5.41) is 74.8. The Hall–Kier alpha value is -1.30. The molecule has 19 nitrogen and oxygen atoms in total. The van der Waals surface area contributed by atoms with Crippen LogP contribution in [0.15, 0.2) is 0 Å². The van der Waals surface area contributed by atoms with Crippen molar-refractivity contribution in [2.45, 2.75) is 184 Å². The zero-order valence-electron chi connectivity index (χ0n) is 37.6. The van der Waals surface area contributed by atoms with Crippen LogP contribution in [0.1, 0.15) is 117 Å². The molecule has 9 N–H and O–H groups in total. The van der Waals surface area contributed by atoms with Crippen LogP contribution in [-0.4, -0.2) is 185 Å². The van der Waals surface area contributed by atoms with Crippen molar-refractivity contribution < 1.29 is 111 Å². The Balaban J connectivity index is 0.0000137. The minimum absolute atomic E-state index is 0. The molecule has 0 saturated carbocycles. The summed E-state index contributed by atoms with van der Waals surface area (Å²) in [4.78, 5) is 53.4. The molecule has 3 aliphatic rings. The maximum absolute atomic E-state index is 13.4. The summed E-state index contributed by atoms with van der Waals surface area (Å²) in [6, 6.07) is -0.920. The summed E-state index contributed by atoms with van der Waals surface area (Å²) in [7, 11) is 1.60. The van der Waals surface area contributed by atoms with Crippen LogP contribution in [0.5, 0.6) is 0 Å². The van der Waals surface area contributed by atoms with E-state index < -0.39 is 80.3 Å². The standard InChI is InChI=1S/C43H77N3O16.Y/c1-27-38(54)40(56)33(25-48)61-42(27)59-20-12-9-16-35(51)44-19-11-8-14-31(32(50)15-6-4-5-7-18-37(53)46-23-30(58-3)22-29(46)24-47)45-36(52)17-10-13-21-60-43-28(2)39(55)41(57)34(26-49)62-43;/h27-31,33-34,38-43,47-49,54-57H,4-26H2,1-3H3,(H,44,51)(H,45,52);/t27?,28?,29-,30+,31-,33?,34?,38?,39?,40?,41?,42?,43?;/m0./s1. The number of hydrogen-bond acceptors (Lipinski definition) is 16. The van der Waals surface area contributed by atoms with Crippen LogP contribution >= 0.6 is 0 Å². The van der Waals surface area contributed by atoms with Gasteiger partial charge in [0.15, 0.2) is 18.4 Å². The maximum atomic E-state index is 13.4. The van der Waals surface area contributed by atoms with Crippen LogP contribution < -0.4 is 10.6 Å². The topological polar surface area (TPSA) is 283 Å². The third-order valence-electron chi connectivity index (χ3n) is 12.3. The van der Waals surface area contributed by atoms with Gasteiger partial charge < -0.3 is 75.0 Å². The van der Waals surface area contributed by atoms with Crippen LogP contribution in [0.4, 0.5) is 0 Å². The number of nitrogens with one attached hydrogen (secondary N) is 2. The van der Waals surface area contributed by atoms with E-state index in [-0.39, 0.29) is 107 Å². The van der Waals surface area contributed by atoms with Crippen molar-refractivity contribution in [1.82, 2.24) is 15.5 Å². The molecule has 13 atom stereocenters. The molecule has 3 saturated heterocycles. The van der Waals surface area contributed by atoms with Crippen LogP contribution in [-0.2, 0) is 75.6 Å². The molecule has 0 aromatic carbocycles. The number of Topliss-reactive ketones (excluding diaryl/α,β-unsaturated/α-hetero) is 1. The van der Waals surface area contributed by atoms with E-state index in [9.17, 15) is 54.9 Å². The van der Waals surface area contributed by atoms with Gasteiger partial charge in [-0.2, -0.15) is 0 Å². The third kappa shape index (κ3) is 19.5. The van der Waals surface area contributed by atoms with E-state index in [0.717, 1.165) is 12.8 Å². The number of carbonyl (C=O) groups is 4. The summed E-state index contributed by atoms with van der Waals surface area (Å²) in [6.07, 6.45) is -0.0862. The number of likely N-dealkylation sites (tertiary alicyclic amines) is 1. The average molecular weight is 981 g/mol. The molecule has 0 aromatic rings. The Kier molecular flexibility index (Phi) is 29.0. The van der Waals surface area contributed by atoms with Gasteiger partial charge in [-0.1, -0.05) is 26.7 Å². The molecule has 20 heteroatoms. The number of amides is 3. The van der Waals surface area contributed by atoms with Crippen LogP contribution in [0.2, 0.25) is 0 Å². The Morgan fingerprint density at radius 2 is 1.19 bits per heavy atom. The summed E-state index contributed by atoms with van der Waals surface area (Å²) < 4.78 is 28.0. The van der Waals surface area contributed by atoms with E-state index in [1.165, 1.54) is 0 Å². The minimum Gasteiger partial charge on any atom is -0.394 e. The molecule has 363 valence electrons. The van der Waals surface area contributed by atoms with Crippen molar-refractivity contribution in [1.29, 1.82) is 0 Å². The van der Waals surface area contributed by atoms with Gasteiger partial charge in [-0.3, -0.25) is 19.2 Å². The summed E-state index contributed by atoms with van der Waals surface area (Å²) in [6.45, 7) is 3.73. The number of aliphatic hydroxyl groups is 7. The van der Waals surface area contributed by atoms with Crippen LogP contribution in [0, 0.1) is 11.8 Å². The molecule has 3 amide bonds. The molecule has 3 aliphatic heterocycles. The number of ketones is 1. The largest absolute Gasteiger partial charge is 0.394 e. The Labute approximate surface area is 397 Å². The van der Waals surface area contributed by atoms with E-state index in [1.807, 2.05) is 0 Å². The van der Waals surface area contributed by atoms with Gasteiger partial charge in [0.2, 0.25) is 17.7 Å². The smallest absolute Gasteiger partial charge is 0.222 e. The molecule has 63 heavy (non-hydrogen) atoms. The molecule has 1 radical (unpaired) electrons. The fourth-order valence-corrected chi connectivity index (χ4v) is 8.14. The second-order valence-electron chi connectivity index (χ2n) is 17.1. The SMILES string of the molecule is CO[C@@H]1C[C@@H](CO)N(C(=O)CCCCCCC(=O)[C@H](CCCCNC(=O)CCCCOC2OC(CO)C(O)C(O)C2C)NC(=O)CCCCOC2OC(CO)C(O)C(O)C2C)C1.[Y]. The van der Waals surface area contributed by atoms with E-state index in [1.54, 1.807) is 25.9 Å². The number of aliphatic hydroxyl groups excluding tert-OH is 7. The van der Waals surface area contributed by atoms with E-state index in [2.05, 4.69) is 10.6 Å². The van der Waals surface area contributed by atoms with Crippen molar-refractivity contribution >= 4 is 23.5 Å². The maximum Gasteiger partial charge on any atom is 0.222 e. The molecule has 0 spiro atoms. The van der Waals surface area contributed by atoms with Gasteiger partial charge in [-0.15, -0.1) is 0 Å². The van der Waals surface area contributed by atoms with Crippen molar-refractivity contribution in [3.63, 3.8) is 0 Å².